The van der Waals surface area contributed by atoms with Crippen molar-refractivity contribution in [1.29, 1.82) is 0 Å². The number of benzene rings is 1. The smallest absolute Gasteiger partial charge is 0.314 e. The van der Waals surface area contributed by atoms with E-state index in [2.05, 4.69) is 20.4 Å². The Balaban J connectivity index is 1.44. The van der Waals surface area contributed by atoms with Crippen LogP contribution >= 0.6 is 0 Å². The number of carbonyl (C=O) groups is 1. The first kappa shape index (κ1) is 17.1. The number of urea groups is 1. The summed E-state index contributed by atoms with van der Waals surface area (Å²) in [5.41, 5.74) is -0.683. The van der Waals surface area contributed by atoms with Crippen molar-refractivity contribution in [2.75, 3.05) is 45.8 Å². The lowest BCUT2D eigenvalue weighted by Gasteiger charge is -2.47. The van der Waals surface area contributed by atoms with Crippen molar-refractivity contribution >= 4 is 6.03 Å². The molecule has 0 radical (unpaired) electrons. The van der Waals surface area contributed by atoms with Crippen LogP contribution in [0.3, 0.4) is 0 Å². The minimum absolute atomic E-state index is 0.0605. The van der Waals surface area contributed by atoms with Crippen LogP contribution in [0.5, 0.6) is 0 Å². The number of hydrogen-bond donors (Lipinski definition) is 3. The van der Waals surface area contributed by atoms with Crippen molar-refractivity contribution in [1.82, 2.24) is 20.4 Å². The summed E-state index contributed by atoms with van der Waals surface area (Å²) in [7, 11) is 0. The molecule has 1 aromatic rings. The summed E-state index contributed by atoms with van der Waals surface area (Å²) in [6, 6.07) is 5.70. The molecule has 0 saturated carbocycles. The van der Waals surface area contributed by atoms with E-state index in [1.165, 1.54) is 24.3 Å². The van der Waals surface area contributed by atoms with Crippen LogP contribution in [0.4, 0.5) is 9.18 Å². The normalized spacial score (nSPS) is 28.2. The van der Waals surface area contributed by atoms with Gasteiger partial charge in [0.1, 0.15) is 11.4 Å². The van der Waals surface area contributed by atoms with E-state index < -0.39 is 5.60 Å². The molecule has 2 unspecified atom stereocenters. The van der Waals surface area contributed by atoms with Crippen molar-refractivity contribution in [3.8, 4) is 0 Å². The number of nitrogens with one attached hydrogen (secondary N) is 2. The molecule has 7 heteroatoms. The molecule has 1 aromatic carbocycles. The fourth-order valence-electron chi connectivity index (χ4n) is 3.35. The van der Waals surface area contributed by atoms with Crippen LogP contribution in [-0.2, 0) is 5.60 Å². The van der Waals surface area contributed by atoms with Gasteiger partial charge in [-0.3, -0.25) is 9.80 Å². The Morgan fingerprint density at radius 1 is 1.25 bits per heavy atom. The van der Waals surface area contributed by atoms with Gasteiger partial charge in [-0.25, -0.2) is 9.18 Å². The van der Waals surface area contributed by atoms with Gasteiger partial charge in [0, 0.05) is 45.3 Å². The van der Waals surface area contributed by atoms with E-state index in [0.717, 1.165) is 32.7 Å². The molecule has 3 aliphatic heterocycles. The number of nitrogens with zero attached hydrogens (tertiary/aromatic N) is 2. The summed E-state index contributed by atoms with van der Waals surface area (Å²) in [5.74, 6) is -0.354. The molecule has 0 aliphatic carbocycles. The average molecular weight is 336 g/mol. The molecule has 4 rings (SSSR count). The number of hydrogen-bond acceptors (Lipinski definition) is 4. The van der Waals surface area contributed by atoms with Crippen molar-refractivity contribution < 1.29 is 14.3 Å². The molecule has 3 fully saturated rings. The minimum atomic E-state index is -1.25. The summed E-state index contributed by atoms with van der Waals surface area (Å²) in [6.07, 6.45) is 0. The average Bonchev–Trinajstić information content (AvgIpc) is 2.60. The van der Waals surface area contributed by atoms with Gasteiger partial charge >= 0.3 is 6.03 Å². The second-order valence-electron chi connectivity index (χ2n) is 6.83. The molecular formula is C17H25FN4O2. The second kappa shape index (κ2) is 7.04. The lowest BCUT2D eigenvalue weighted by atomic mass is 9.96. The number of halogens is 1. The number of aliphatic hydroxyl groups is 1. The van der Waals surface area contributed by atoms with Gasteiger partial charge < -0.3 is 15.7 Å². The first-order valence-corrected chi connectivity index (χ1v) is 8.40. The largest absolute Gasteiger partial charge is 0.384 e. The topological polar surface area (TPSA) is 67.8 Å². The zero-order valence-corrected chi connectivity index (χ0v) is 14.0. The monoisotopic (exact) mass is 336 g/mol. The zero-order chi connectivity index (χ0) is 17.2. The first-order chi connectivity index (χ1) is 11.4. The van der Waals surface area contributed by atoms with Crippen LogP contribution in [0.2, 0.25) is 0 Å². The van der Waals surface area contributed by atoms with Gasteiger partial charge in [-0.05, 0) is 24.6 Å². The van der Waals surface area contributed by atoms with Crippen molar-refractivity contribution in [3.05, 3.63) is 35.6 Å². The predicted molar refractivity (Wildman–Crippen MR) is 89.2 cm³/mol. The molecule has 3 heterocycles. The van der Waals surface area contributed by atoms with Gasteiger partial charge in [0.2, 0.25) is 0 Å². The standard InChI is InChI=1S/C17H25FN4O2/c1-17(24,13-2-4-14(18)5-3-13)12-20-16(23)19-10-15-11-21-6-8-22(15)9-7-21/h2-5,15,24H,6-12H2,1H3,(H2,19,20,23). The van der Waals surface area contributed by atoms with Crippen LogP contribution < -0.4 is 10.6 Å². The number of fused-ring (bicyclic) bond motifs is 3. The summed E-state index contributed by atoms with van der Waals surface area (Å²) in [5, 5.41) is 16.0. The SMILES string of the molecule is CC(O)(CNC(=O)NCC1CN2CCN1CC2)c1ccc(F)cc1. The molecule has 0 spiro atoms. The molecule has 3 aliphatic rings. The highest BCUT2D eigenvalue weighted by molar-refractivity contribution is 5.74. The second-order valence-corrected chi connectivity index (χ2v) is 6.83. The molecule has 6 nitrogen and oxygen atoms in total. The van der Waals surface area contributed by atoms with Crippen molar-refractivity contribution in [2.24, 2.45) is 0 Å². The van der Waals surface area contributed by atoms with Crippen LogP contribution in [-0.4, -0.2) is 72.8 Å². The van der Waals surface area contributed by atoms with E-state index in [-0.39, 0.29) is 18.4 Å². The van der Waals surface area contributed by atoms with Gasteiger partial charge in [0.25, 0.3) is 0 Å². The molecule has 3 N–H and O–H groups in total. The summed E-state index contributed by atoms with van der Waals surface area (Å²) >= 11 is 0. The third kappa shape index (κ3) is 4.03. The molecule has 24 heavy (non-hydrogen) atoms. The highest BCUT2D eigenvalue weighted by atomic mass is 19.1. The van der Waals surface area contributed by atoms with Gasteiger partial charge in [0.05, 0.1) is 6.54 Å². The maximum absolute atomic E-state index is 13.0. The molecule has 3 saturated heterocycles. The zero-order valence-electron chi connectivity index (χ0n) is 14.0. The van der Waals surface area contributed by atoms with E-state index in [1.54, 1.807) is 6.92 Å². The van der Waals surface area contributed by atoms with Gasteiger partial charge in [-0.2, -0.15) is 0 Å². The third-order valence-electron chi connectivity index (χ3n) is 4.95. The fourth-order valence-corrected chi connectivity index (χ4v) is 3.35. The molecule has 0 aromatic heterocycles. The fraction of sp³-hybridized carbons (Fsp3) is 0.588. The Kier molecular flexibility index (Phi) is 5.03. The first-order valence-electron chi connectivity index (χ1n) is 8.40. The molecular weight excluding hydrogens is 311 g/mol. The van der Waals surface area contributed by atoms with E-state index in [9.17, 15) is 14.3 Å². The predicted octanol–water partition coefficient (Wildman–Crippen LogP) is 0.332. The minimum Gasteiger partial charge on any atom is -0.384 e. The Bertz CT molecular complexity index is 570. The third-order valence-corrected chi connectivity index (χ3v) is 4.95. The Labute approximate surface area is 141 Å². The van der Waals surface area contributed by atoms with Crippen LogP contribution in [0.25, 0.3) is 0 Å². The van der Waals surface area contributed by atoms with E-state index in [0.29, 0.717) is 18.2 Å². The number of amides is 2. The number of rotatable bonds is 5. The van der Waals surface area contributed by atoms with Gasteiger partial charge in [-0.1, -0.05) is 12.1 Å². The Hall–Kier alpha value is -1.70. The lowest BCUT2D eigenvalue weighted by Crippen LogP contribution is -2.63. The number of piperazine rings is 3. The highest BCUT2D eigenvalue weighted by Gasteiger charge is 2.32. The molecule has 2 atom stereocenters. The van der Waals surface area contributed by atoms with Gasteiger partial charge in [0.15, 0.2) is 0 Å². The highest BCUT2D eigenvalue weighted by Crippen LogP contribution is 2.20. The van der Waals surface area contributed by atoms with E-state index in [4.69, 9.17) is 0 Å². The van der Waals surface area contributed by atoms with Crippen LogP contribution in [0.15, 0.2) is 24.3 Å². The van der Waals surface area contributed by atoms with Crippen LogP contribution in [0, 0.1) is 5.82 Å². The maximum atomic E-state index is 13.0. The maximum Gasteiger partial charge on any atom is 0.314 e. The quantitative estimate of drug-likeness (QED) is 0.725. The number of carbonyl (C=O) groups excluding carboxylic acids is 1. The van der Waals surface area contributed by atoms with Crippen molar-refractivity contribution in [3.63, 3.8) is 0 Å². The van der Waals surface area contributed by atoms with Crippen molar-refractivity contribution in [2.45, 2.75) is 18.6 Å². The Morgan fingerprint density at radius 3 is 2.50 bits per heavy atom. The summed E-state index contributed by atoms with van der Waals surface area (Å²) < 4.78 is 13.0. The summed E-state index contributed by atoms with van der Waals surface area (Å²) in [4.78, 5) is 16.8. The summed E-state index contributed by atoms with van der Waals surface area (Å²) in [6.45, 7) is 7.60. The molecule has 132 valence electrons. The lowest BCUT2D eigenvalue weighted by molar-refractivity contribution is 0.0146. The molecule has 2 amide bonds. The van der Waals surface area contributed by atoms with E-state index in [1.807, 2.05) is 0 Å². The van der Waals surface area contributed by atoms with Crippen LogP contribution in [0.1, 0.15) is 12.5 Å². The molecule has 2 bridgehead atoms. The van der Waals surface area contributed by atoms with Gasteiger partial charge in [-0.15, -0.1) is 0 Å². The van der Waals surface area contributed by atoms with E-state index >= 15 is 0 Å². The Morgan fingerprint density at radius 2 is 1.92 bits per heavy atom.